The number of aryl methyl sites for hydroxylation is 1. The Bertz CT molecular complexity index is 473. The van der Waals surface area contributed by atoms with Crippen LogP contribution < -0.4 is 5.32 Å². The number of nitrogens with one attached hydrogen (secondary N) is 1. The van der Waals surface area contributed by atoms with Gasteiger partial charge in [0.25, 0.3) is 0 Å². The summed E-state index contributed by atoms with van der Waals surface area (Å²) in [7, 11) is 1.95. The van der Waals surface area contributed by atoms with Crippen LogP contribution in [0.5, 0.6) is 0 Å². The third kappa shape index (κ3) is 2.66. The van der Waals surface area contributed by atoms with Crippen LogP contribution in [0.1, 0.15) is 44.1 Å². The van der Waals surface area contributed by atoms with Gasteiger partial charge in [0.05, 0.1) is 28.6 Å². The zero-order chi connectivity index (χ0) is 12.4. The van der Waals surface area contributed by atoms with Gasteiger partial charge in [0.2, 0.25) is 0 Å². The molecule has 92 valence electrons. The minimum atomic E-state index is 0.211. The Hall–Kier alpha value is -1.36. The number of hydrogen-bond acceptors (Lipinski definition) is 4. The lowest BCUT2D eigenvalue weighted by Gasteiger charge is -2.13. The van der Waals surface area contributed by atoms with Gasteiger partial charge in [-0.05, 0) is 12.8 Å². The van der Waals surface area contributed by atoms with Crippen molar-refractivity contribution in [3.05, 3.63) is 28.5 Å². The van der Waals surface area contributed by atoms with E-state index in [1.807, 2.05) is 23.4 Å². The number of anilines is 1. The van der Waals surface area contributed by atoms with Crippen LogP contribution in [-0.4, -0.2) is 14.8 Å². The van der Waals surface area contributed by atoms with Gasteiger partial charge in [-0.15, -0.1) is 11.3 Å². The van der Waals surface area contributed by atoms with E-state index >= 15 is 0 Å². The molecule has 0 radical (unpaired) electrons. The van der Waals surface area contributed by atoms with E-state index in [0.717, 1.165) is 17.1 Å². The summed E-state index contributed by atoms with van der Waals surface area (Å²) in [5, 5.41) is 10.0. The first-order chi connectivity index (χ1) is 8.08. The van der Waals surface area contributed by atoms with Crippen molar-refractivity contribution in [1.82, 2.24) is 14.8 Å². The highest BCUT2D eigenvalue weighted by molar-refractivity contribution is 7.07. The summed E-state index contributed by atoms with van der Waals surface area (Å²) < 4.78 is 1.85. The van der Waals surface area contributed by atoms with Gasteiger partial charge in [0, 0.05) is 18.6 Å². The fourth-order valence-electron chi connectivity index (χ4n) is 1.79. The third-order valence-electron chi connectivity index (χ3n) is 2.67. The highest BCUT2D eigenvalue weighted by Gasteiger charge is 2.14. The van der Waals surface area contributed by atoms with Gasteiger partial charge >= 0.3 is 0 Å². The molecule has 5 heteroatoms. The largest absolute Gasteiger partial charge is 0.374 e. The van der Waals surface area contributed by atoms with E-state index in [4.69, 9.17) is 0 Å². The maximum atomic E-state index is 4.48. The lowest BCUT2D eigenvalue weighted by molar-refractivity contribution is 0.712. The first kappa shape index (κ1) is 12.1. The molecule has 17 heavy (non-hydrogen) atoms. The summed E-state index contributed by atoms with van der Waals surface area (Å²) in [6.45, 7) is 6.42. The van der Waals surface area contributed by atoms with Crippen molar-refractivity contribution in [1.29, 1.82) is 0 Å². The average Bonchev–Trinajstić information content (AvgIpc) is 2.86. The number of rotatable bonds is 4. The fraction of sp³-hybridized carbons (Fsp3) is 0.500. The maximum absolute atomic E-state index is 4.48. The molecule has 0 aromatic carbocycles. The van der Waals surface area contributed by atoms with Crippen molar-refractivity contribution >= 4 is 17.0 Å². The molecule has 2 heterocycles. The summed E-state index contributed by atoms with van der Waals surface area (Å²) >= 11 is 1.62. The number of nitrogens with zero attached hydrogens (tertiary/aromatic N) is 3. The number of aromatic nitrogens is 3. The smallest absolute Gasteiger partial charge is 0.0881 e. The molecule has 0 saturated heterocycles. The molecule has 0 aliphatic rings. The van der Waals surface area contributed by atoms with E-state index < -0.39 is 0 Å². The Labute approximate surface area is 106 Å². The molecule has 0 aliphatic heterocycles. The molecular formula is C12H18N4S. The highest BCUT2D eigenvalue weighted by atomic mass is 32.1. The van der Waals surface area contributed by atoms with Crippen molar-refractivity contribution in [2.24, 2.45) is 7.05 Å². The average molecular weight is 250 g/mol. The summed E-state index contributed by atoms with van der Waals surface area (Å²) in [5.41, 5.74) is 5.14. The molecule has 0 spiro atoms. The first-order valence-electron chi connectivity index (χ1n) is 5.76. The monoisotopic (exact) mass is 250 g/mol. The second-order valence-corrected chi connectivity index (χ2v) is 5.25. The molecule has 4 nitrogen and oxygen atoms in total. The van der Waals surface area contributed by atoms with E-state index in [9.17, 15) is 0 Å². The summed E-state index contributed by atoms with van der Waals surface area (Å²) in [6, 6.07) is 0.211. The molecule has 0 aliphatic carbocycles. The zero-order valence-corrected chi connectivity index (χ0v) is 11.5. The lowest BCUT2D eigenvalue weighted by atomic mass is 10.1. The van der Waals surface area contributed by atoms with E-state index in [0.29, 0.717) is 5.92 Å². The van der Waals surface area contributed by atoms with E-state index in [-0.39, 0.29) is 6.04 Å². The lowest BCUT2D eigenvalue weighted by Crippen LogP contribution is -2.08. The van der Waals surface area contributed by atoms with Crippen LogP contribution in [0.15, 0.2) is 17.1 Å². The molecule has 0 fully saturated rings. The zero-order valence-electron chi connectivity index (χ0n) is 10.6. The Morgan fingerprint density at radius 3 is 2.71 bits per heavy atom. The fourth-order valence-corrected chi connectivity index (χ4v) is 2.43. The van der Waals surface area contributed by atoms with Crippen molar-refractivity contribution in [2.75, 3.05) is 5.32 Å². The van der Waals surface area contributed by atoms with Crippen LogP contribution in [0, 0.1) is 0 Å². The number of thiazole rings is 1. The molecule has 2 rings (SSSR count). The van der Waals surface area contributed by atoms with Crippen LogP contribution in [0.2, 0.25) is 0 Å². The predicted molar refractivity (Wildman–Crippen MR) is 71.4 cm³/mol. The molecule has 1 N–H and O–H groups in total. The normalized spacial score (nSPS) is 13.0. The van der Waals surface area contributed by atoms with E-state index in [1.165, 1.54) is 0 Å². The molecule has 1 atom stereocenters. The number of hydrogen-bond donors (Lipinski definition) is 1. The van der Waals surface area contributed by atoms with Crippen LogP contribution in [0.25, 0.3) is 0 Å². The highest BCUT2D eigenvalue weighted by Crippen LogP contribution is 2.26. The van der Waals surface area contributed by atoms with Crippen molar-refractivity contribution in [3.63, 3.8) is 0 Å². The minimum absolute atomic E-state index is 0.211. The van der Waals surface area contributed by atoms with Gasteiger partial charge in [-0.25, -0.2) is 4.98 Å². The minimum Gasteiger partial charge on any atom is -0.374 e. The topological polar surface area (TPSA) is 42.7 Å². The summed E-state index contributed by atoms with van der Waals surface area (Å²) in [6.07, 6.45) is 2.03. The van der Waals surface area contributed by atoms with Crippen molar-refractivity contribution in [2.45, 2.75) is 32.7 Å². The van der Waals surface area contributed by atoms with Crippen LogP contribution in [0.3, 0.4) is 0 Å². The molecular weight excluding hydrogens is 232 g/mol. The second-order valence-electron chi connectivity index (χ2n) is 4.54. The second kappa shape index (κ2) is 4.87. The van der Waals surface area contributed by atoms with Gasteiger partial charge in [-0.3, -0.25) is 4.68 Å². The summed E-state index contributed by atoms with van der Waals surface area (Å²) in [4.78, 5) is 4.32. The van der Waals surface area contributed by atoms with Crippen LogP contribution in [0.4, 0.5) is 5.69 Å². The van der Waals surface area contributed by atoms with Crippen molar-refractivity contribution in [3.8, 4) is 0 Å². The predicted octanol–water partition coefficient (Wildman–Crippen LogP) is 3.17. The first-order valence-corrected chi connectivity index (χ1v) is 6.70. The molecule has 0 amide bonds. The van der Waals surface area contributed by atoms with E-state index in [1.54, 1.807) is 11.3 Å². The van der Waals surface area contributed by atoms with Gasteiger partial charge in [0.1, 0.15) is 0 Å². The van der Waals surface area contributed by atoms with Crippen molar-refractivity contribution < 1.29 is 0 Å². The Kier molecular flexibility index (Phi) is 3.47. The van der Waals surface area contributed by atoms with E-state index in [2.05, 4.69) is 41.6 Å². The molecule has 0 saturated carbocycles. The van der Waals surface area contributed by atoms with Gasteiger partial charge in [0.15, 0.2) is 0 Å². The standard InChI is InChI=1S/C12H18N4S/c1-8(2)12-10(5-16(4)15-12)14-9(3)11-6-17-7-13-11/h5-9,14H,1-4H3. The van der Waals surface area contributed by atoms with Crippen LogP contribution >= 0.6 is 11.3 Å². The van der Waals surface area contributed by atoms with Gasteiger partial charge < -0.3 is 5.32 Å². The third-order valence-corrected chi connectivity index (χ3v) is 3.28. The van der Waals surface area contributed by atoms with Gasteiger partial charge in [-0.2, -0.15) is 5.10 Å². The molecule has 0 bridgehead atoms. The molecule has 2 aromatic rings. The van der Waals surface area contributed by atoms with Gasteiger partial charge in [-0.1, -0.05) is 13.8 Å². The Balaban J connectivity index is 2.18. The quantitative estimate of drug-likeness (QED) is 0.906. The SMILES string of the molecule is CC(C)c1nn(C)cc1NC(C)c1cscn1. The summed E-state index contributed by atoms with van der Waals surface area (Å²) in [5.74, 6) is 0.418. The Morgan fingerprint density at radius 1 is 1.35 bits per heavy atom. The molecule has 2 aromatic heterocycles. The molecule has 1 unspecified atom stereocenters. The van der Waals surface area contributed by atoms with Crippen LogP contribution in [-0.2, 0) is 7.05 Å². The Morgan fingerprint density at radius 2 is 2.12 bits per heavy atom. The maximum Gasteiger partial charge on any atom is 0.0881 e.